The lowest BCUT2D eigenvalue weighted by molar-refractivity contribution is -0.137. The summed E-state index contributed by atoms with van der Waals surface area (Å²) in [6.07, 6.45) is 0.434. The Morgan fingerprint density at radius 3 is 2.39 bits per heavy atom. The summed E-state index contributed by atoms with van der Waals surface area (Å²) in [7, 11) is -4.04. The number of carbonyl (C=O) groups excluding carboxylic acids is 1. The second-order valence-corrected chi connectivity index (χ2v) is 10.3. The number of hydrogen-bond acceptors (Lipinski definition) is 5. The highest BCUT2D eigenvalue weighted by Crippen LogP contribution is 2.30. The van der Waals surface area contributed by atoms with Crippen LogP contribution in [0.3, 0.4) is 0 Å². The van der Waals surface area contributed by atoms with Gasteiger partial charge in [-0.25, -0.2) is 8.42 Å². The van der Waals surface area contributed by atoms with Crippen molar-refractivity contribution < 1.29 is 27.9 Å². The molecule has 0 aliphatic carbocycles. The number of nitrogens with one attached hydrogen (secondary N) is 1. The number of halogens is 2. The third kappa shape index (κ3) is 6.17. The number of carboxylic acid groups (broad SMARTS) is 1. The number of carboxylic acids is 1. The lowest BCUT2D eigenvalue weighted by Crippen LogP contribution is -2.47. The van der Waals surface area contributed by atoms with E-state index in [-0.39, 0.29) is 27.9 Å². The number of benzene rings is 2. The molecular formula is C22H24Cl2N2O6S. The molecule has 1 aliphatic rings. The molecule has 1 heterocycles. The first-order valence-electron chi connectivity index (χ1n) is 10.3. The minimum Gasteiger partial charge on any atom is -0.494 e. The van der Waals surface area contributed by atoms with E-state index in [1.165, 1.54) is 18.2 Å². The molecule has 0 spiro atoms. The molecule has 2 aromatic carbocycles. The topological polar surface area (TPSA) is 113 Å². The molecule has 0 radical (unpaired) electrons. The standard InChI is InChI=1S/C22H24Cl2N2O6S/c1-2-32-17-7-5-14(6-8-17)19(13-21(27)28)25-22(29)20-4-3-9-26(20)33(30,31)18-11-15(23)10-16(24)12-18/h5-8,10-12,19-20H,2-4,9,13H2,1H3,(H,25,29)(H,27,28)/t19-,20+/m1/s1. The van der Waals surface area contributed by atoms with Crippen molar-refractivity contribution in [2.45, 2.75) is 43.2 Å². The number of ether oxygens (including phenoxy) is 1. The van der Waals surface area contributed by atoms with Crippen LogP contribution in [0.2, 0.25) is 10.0 Å². The fourth-order valence-corrected chi connectivity index (χ4v) is 6.14. The van der Waals surface area contributed by atoms with Crippen molar-refractivity contribution in [3.8, 4) is 5.75 Å². The average molecular weight is 515 g/mol. The van der Waals surface area contributed by atoms with Crippen LogP contribution in [0.4, 0.5) is 0 Å². The molecule has 33 heavy (non-hydrogen) atoms. The largest absolute Gasteiger partial charge is 0.494 e. The van der Waals surface area contributed by atoms with Crippen LogP contribution in [0.15, 0.2) is 47.4 Å². The second-order valence-electron chi connectivity index (χ2n) is 7.54. The zero-order valence-electron chi connectivity index (χ0n) is 17.8. The molecule has 0 unspecified atom stereocenters. The summed E-state index contributed by atoms with van der Waals surface area (Å²) in [5.74, 6) is -1.04. The zero-order valence-corrected chi connectivity index (χ0v) is 20.2. The van der Waals surface area contributed by atoms with Crippen LogP contribution in [0.1, 0.15) is 37.8 Å². The highest BCUT2D eigenvalue weighted by molar-refractivity contribution is 7.89. The first-order chi connectivity index (χ1) is 15.6. The number of hydrogen-bond donors (Lipinski definition) is 2. The Bertz CT molecular complexity index is 1100. The highest BCUT2D eigenvalue weighted by atomic mass is 35.5. The van der Waals surface area contributed by atoms with Crippen LogP contribution in [-0.4, -0.2) is 48.9 Å². The van der Waals surface area contributed by atoms with Crippen LogP contribution in [-0.2, 0) is 19.6 Å². The van der Waals surface area contributed by atoms with Crippen molar-refractivity contribution in [1.29, 1.82) is 0 Å². The van der Waals surface area contributed by atoms with Gasteiger partial charge in [-0.1, -0.05) is 35.3 Å². The van der Waals surface area contributed by atoms with Gasteiger partial charge in [0, 0.05) is 16.6 Å². The Balaban J connectivity index is 1.83. The Morgan fingerprint density at radius 2 is 1.82 bits per heavy atom. The van der Waals surface area contributed by atoms with E-state index in [2.05, 4.69) is 5.32 Å². The first-order valence-corrected chi connectivity index (χ1v) is 12.5. The predicted molar refractivity (Wildman–Crippen MR) is 124 cm³/mol. The van der Waals surface area contributed by atoms with E-state index in [1.807, 2.05) is 6.92 Å². The van der Waals surface area contributed by atoms with E-state index in [1.54, 1.807) is 24.3 Å². The maximum absolute atomic E-state index is 13.2. The number of amides is 1. The predicted octanol–water partition coefficient (Wildman–Crippen LogP) is 3.88. The van der Waals surface area contributed by atoms with Gasteiger partial charge >= 0.3 is 5.97 Å². The van der Waals surface area contributed by atoms with Gasteiger partial charge in [0.25, 0.3) is 0 Å². The minimum atomic E-state index is -4.04. The number of nitrogens with zero attached hydrogens (tertiary/aromatic N) is 1. The van der Waals surface area contributed by atoms with Crippen molar-refractivity contribution >= 4 is 45.1 Å². The van der Waals surface area contributed by atoms with E-state index in [9.17, 15) is 23.1 Å². The summed E-state index contributed by atoms with van der Waals surface area (Å²) in [5.41, 5.74) is 0.572. The summed E-state index contributed by atoms with van der Waals surface area (Å²) < 4.78 is 32.9. The van der Waals surface area contributed by atoms with Crippen molar-refractivity contribution in [1.82, 2.24) is 9.62 Å². The molecule has 2 aromatic rings. The van der Waals surface area contributed by atoms with Gasteiger partial charge in [-0.3, -0.25) is 9.59 Å². The molecule has 11 heteroatoms. The number of rotatable bonds is 9. The monoisotopic (exact) mass is 514 g/mol. The third-order valence-electron chi connectivity index (χ3n) is 5.24. The SMILES string of the molecule is CCOc1ccc([C@@H](CC(=O)O)NC(=O)[C@@H]2CCCN2S(=O)(=O)c2cc(Cl)cc(Cl)c2)cc1. The maximum Gasteiger partial charge on any atom is 0.305 e. The molecule has 2 atom stereocenters. The summed E-state index contributed by atoms with van der Waals surface area (Å²) >= 11 is 11.9. The maximum atomic E-state index is 13.2. The van der Waals surface area contributed by atoms with Crippen molar-refractivity contribution in [3.05, 3.63) is 58.1 Å². The molecule has 1 aliphatic heterocycles. The number of sulfonamides is 1. The molecular weight excluding hydrogens is 491 g/mol. The smallest absolute Gasteiger partial charge is 0.305 e. The van der Waals surface area contributed by atoms with Gasteiger partial charge < -0.3 is 15.2 Å². The van der Waals surface area contributed by atoms with Crippen LogP contribution >= 0.6 is 23.2 Å². The van der Waals surface area contributed by atoms with Gasteiger partial charge in [0.05, 0.1) is 24.0 Å². The van der Waals surface area contributed by atoms with E-state index in [0.29, 0.717) is 30.8 Å². The molecule has 3 rings (SSSR count). The van der Waals surface area contributed by atoms with Crippen LogP contribution in [0, 0.1) is 0 Å². The summed E-state index contributed by atoms with van der Waals surface area (Å²) in [6, 6.07) is 8.90. The van der Waals surface area contributed by atoms with Gasteiger partial charge in [-0.2, -0.15) is 4.31 Å². The van der Waals surface area contributed by atoms with E-state index < -0.39 is 34.0 Å². The molecule has 0 bridgehead atoms. The van der Waals surface area contributed by atoms with E-state index in [0.717, 1.165) is 4.31 Å². The van der Waals surface area contributed by atoms with Gasteiger partial charge in [0.2, 0.25) is 15.9 Å². The molecule has 8 nitrogen and oxygen atoms in total. The van der Waals surface area contributed by atoms with Gasteiger partial charge in [0.15, 0.2) is 0 Å². The summed E-state index contributed by atoms with van der Waals surface area (Å²) in [6.45, 7) is 2.48. The normalized spacial score (nSPS) is 17.5. The van der Waals surface area contributed by atoms with Gasteiger partial charge in [-0.05, 0) is 55.7 Å². The fourth-order valence-electron chi connectivity index (χ4n) is 3.76. The Labute approximate surface area is 202 Å². The second kappa shape index (κ2) is 10.7. The first kappa shape index (κ1) is 25.3. The zero-order chi connectivity index (χ0) is 24.2. The van der Waals surface area contributed by atoms with Crippen molar-refractivity contribution in [3.63, 3.8) is 0 Å². The minimum absolute atomic E-state index is 0.103. The average Bonchev–Trinajstić information content (AvgIpc) is 3.24. The molecule has 1 amide bonds. The summed E-state index contributed by atoms with van der Waals surface area (Å²) in [4.78, 5) is 24.4. The van der Waals surface area contributed by atoms with Gasteiger partial charge in [-0.15, -0.1) is 0 Å². The molecule has 1 saturated heterocycles. The Morgan fingerprint density at radius 1 is 1.18 bits per heavy atom. The highest BCUT2D eigenvalue weighted by Gasteiger charge is 2.40. The number of carbonyl (C=O) groups is 2. The molecule has 2 N–H and O–H groups in total. The lowest BCUT2D eigenvalue weighted by atomic mass is 10.0. The molecule has 0 aromatic heterocycles. The lowest BCUT2D eigenvalue weighted by Gasteiger charge is -2.26. The molecule has 1 fully saturated rings. The number of aliphatic carboxylic acids is 1. The molecule has 178 valence electrons. The Kier molecular flexibility index (Phi) is 8.23. The van der Waals surface area contributed by atoms with E-state index >= 15 is 0 Å². The molecule has 0 saturated carbocycles. The van der Waals surface area contributed by atoms with E-state index in [4.69, 9.17) is 27.9 Å². The third-order valence-corrected chi connectivity index (χ3v) is 7.56. The quantitative estimate of drug-likeness (QED) is 0.524. The Hall–Kier alpha value is -2.33. The van der Waals surface area contributed by atoms with Crippen LogP contribution in [0.25, 0.3) is 0 Å². The van der Waals surface area contributed by atoms with Gasteiger partial charge in [0.1, 0.15) is 11.8 Å². The van der Waals surface area contributed by atoms with Crippen LogP contribution in [0.5, 0.6) is 5.75 Å². The van der Waals surface area contributed by atoms with Crippen molar-refractivity contribution in [2.75, 3.05) is 13.2 Å². The fraction of sp³-hybridized carbons (Fsp3) is 0.364. The van der Waals surface area contributed by atoms with Crippen LogP contribution < -0.4 is 10.1 Å². The summed E-state index contributed by atoms with van der Waals surface area (Å²) in [5, 5.41) is 12.4. The van der Waals surface area contributed by atoms with Crippen molar-refractivity contribution in [2.24, 2.45) is 0 Å².